The Kier molecular flexibility index (Phi) is 3.40. The van der Waals surface area contributed by atoms with Gasteiger partial charge in [0.15, 0.2) is 0 Å². The van der Waals surface area contributed by atoms with Crippen LogP contribution in [0.5, 0.6) is 5.75 Å². The first-order valence-corrected chi connectivity index (χ1v) is 5.54. The number of aromatic hydroxyl groups is 1. The molecule has 0 saturated heterocycles. The smallest absolute Gasteiger partial charge is 0.121 e. The molecule has 0 unspecified atom stereocenters. The first-order valence-electron chi connectivity index (χ1n) is 5.54. The summed E-state index contributed by atoms with van der Waals surface area (Å²) in [5, 5.41) is 9.94. The molecule has 0 aliphatic carbocycles. The summed E-state index contributed by atoms with van der Waals surface area (Å²) in [6, 6.07) is 4.02. The van der Waals surface area contributed by atoms with Crippen molar-refractivity contribution in [1.29, 1.82) is 0 Å². The summed E-state index contributed by atoms with van der Waals surface area (Å²) in [6.07, 6.45) is 1.67. The Morgan fingerprint density at radius 1 is 1.13 bits per heavy atom. The Balaban J connectivity index is 3.33. The molecule has 1 aromatic rings. The van der Waals surface area contributed by atoms with Gasteiger partial charge in [0.1, 0.15) is 5.75 Å². The molecule has 0 amide bonds. The normalized spacial score (nSPS) is 11.8. The molecule has 1 rings (SSSR count). The van der Waals surface area contributed by atoms with E-state index >= 15 is 0 Å². The lowest BCUT2D eigenvalue weighted by molar-refractivity contribution is 0.460. The monoisotopic (exact) mass is 207 g/mol. The lowest BCUT2D eigenvalue weighted by Crippen LogP contribution is -2.28. The molecule has 0 atom stereocenters. The van der Waals surface area contributed by atoms with Crippen molar-refractivity contribution in [2.24, 2.45) is 5.73 Å². The molecule has 0 radical (unpaired) electrons. The fraction of sp³-hybridized carbons (Fsp3) is 0.538. The summed E-state index contributed by atoms with van der Waals surface area (Å²) in [6.45, 7) is 8.06. The Bertz CT molecular complexity index is 325. The molecule has 84 valence electrons. The highest BCUT2D eigenvalue weighted by molar-refractivity contribution is 5.45. The molecule has 0 spiro atoms. The maximum Gasteiger partial charge on any atom is 0.121 e. The second-order valence-corrected chi connectivity index (χ2v) is 4.57. The number of hydrogen-bond acceptors (Lipinski definition) is 2. The quantitative estimate of drug-likeness (QED) is 0.800. The molecule has 0 saturated carbocycles. The molecule has 2 nitrogen and oxygen atoms in total. The highest BCUT2D eigenvalue weighted by Gasteiger charge is 2.17. The number of benzene rings is 1. The number of hydrogen-bond donors (Lipinski definition) is 2. The second kappa shape index (κ2) is 4.23. The molecule has 0 heterocycles. The van der Waals surface area contributed by atoms with Crippen LogP contribution in [-0.2, 0) is 18.4 Å². The summed E-state index contributed by atoms with van der Waals surface area (Å²) < 4.78 is 0. The van der Waals surface area contributed by atoms with Gasteiger partial charge >= 0.3 is 0 Å². The van der Waals surface area contributed by atoms with Crippen molar-refractivity contribution < 1.29 is 5.11 Å². The summed E-state index contributed by atoms with van der Waals surface area (Å²) in [5.74, 6) is 0.438. The minimum atomic E-state index is -0.346. The van der Waals surface area contributed by atoms with Crippen LogP contribution in [0.1, 0.15) is 44.4 Å². The maximum absolute atomic E-state index is 9.94. The minimum Gasteiger partial charge on any atom is -0.507 e. The molecule has 0 fully saturated rings. The van der Waals surface area contributed by atoms with Crippen LogP contribution in [0.3, 0.4) is 0 Å². The van der Waals surface area contributed by atoms with E-state index in [-0.39, 0.29) is 5.54 Å². The van der Waals surface area contributed by atoms with E-state index in [4.69, 9.17) is 5.73 Å². The Labute approximate surface area is 92.1 Å². The molecule has 1 aromatic carbocycles. The van der Waals surface area contributed by atoms with Crippen LogP contribution in [0, 0.1) is 0 Å². The van der Waals surface area contributed by atoms with Gasteiger partial charge in [0, 0.05) is 5.54 Å². The highest BCUT2D eigenvalue weighted by Crippen LogP contribution is 2.29. The van der Waals surface area contributed by atoms with Crippen LogP contribution in [0.25, 0.3) is 0 Å². The summed E-state index contributed by atoms with van der Waals surface area (Å²) in [4.78, 5) is 0. The van der Waals surface area contributed by atoms with E-state index in [1.807, 2.05) is 39.8 Å². The number of phenolic OH excluding ortho intramolecular Hbond substituents is 1. The average molecular weight is 207 g/mol. The minimum absolute atomic E-state index is 0.346. The van der Waals surface area contributed by atoms with Crippen LogP contribution in [0.4, 0.5) is 0 Å². The van der Waals surface area contributed by atoms with Crippen LogP contribution in [-0.4, -0.2) is 5.11 Å². The fourth-order valence-electron chi connectivity index (χ4n) is 1.67. The third-order valence-electron chi connectivity index (χ3n) is 2.77. The van der Waals surface area contributed by atoms with Gasteiger partial charge in [-0.2, -0.15) is 0 Å². The van der Waals surface area contributed by atoms with Crippen LogP contribution < -0.4 is 5.73 Å². The zero-order chi connectivity index (χ0) is 11.6. The number of aryl methyl sites for hydroxylation is 2. The average Bonchev–Trinajstić information content (AvgIpc) is 2.16. The van der Waals surface area contributed by atoms with E-state index in [2.05, 4.69) is 0 Å². The van der Waals surface area contributed by atoms with Crippen molar-refractivity contribution in [3.05, 3.63) is 28.8 Å². The van der Waals surface area contributed by atoms with Gasteiger partial charge in [0.05, 0.1) is 0 Å². The first-order chi connectivity index (χ1) is 6.90. The third kappa shape index (κ3) is 2.51. The molecule has 2 heteroatoms. The van der Waals surface area contributed by atoms with E-state index in [9.17, 15) is 5.11 Å². The van der Waals surface area contributed by atoms with Crippen molar-refractivity contribution in [1.82, 2.24) is 0 Å². The number of rotatable bonds is 3. The Morgan fingerprint density at radius 3 is 1.80 bits per heavy atom. The van der Waals surface area contributed by atoms with Crippen molar-refractivity contribution >= 4 is 0 Å². The molecule has 0 aliphatic heterocycles. The largest absolute Gasteiger partial charge is 0.507 e. The molecule has 15 heavy (non-hydrogen) atoms. The van der Waals surface area contributed by atoms with Crippen molar-refractivity contribution in [3.63, 3.8) is 0 Å². The van der Waals surface area contributed by atoms with Gasteiger partial charge in [0.2, 0.25) is 0 Å². The standard InChI is InChI=1S/C13H21NO/c1-5-9-7-11(13(3,4)14)8-10(6-2)12(9)15/h7-8,15H,5-6,14H2,1-4H3. The summed E-state index contributed by atoms with van der Waals surface area (Å²) in [7, 11) is 0. The second-order valence-electron chi connectivity index (χ2n) is 4.57. The van der Waals surface area contributed by atoms with E-state index in [0.29, 0.717) is 5.75 Å². The van der Waals surface area contributed by atoms with Gasteiger partial charge in [-0.05, 0) is 43.4 Å². The fourth-order valence-corrected chi connectivity index (χ4v) is 1.67. The van der Waals surface area contributed by atoms with Crippen molar-refractivity contribution in [3.8, 4) is 5.75 Å². The van der Waals surface area contributed by atoms with Gasteiger partial charge in [0.25, 0.3) is 0 Å². The van der Waals surface area contributed by atoms with Crippen molar-refractivity contribution in [2.45, 2.75) is 46.1 Å². The van der Waals surface area contributed by atoms with E-state index in [1.165, 1.54) is 0 Å². The predicted molar refractivity (Wildman–Crippen MR) is 64.1 cm³/mol. The zero-order valence-corrected chi connectivity index (χ0v) is 10.1. The first kappa shape index (κ1) is 12.1. The van der Waals surface area contributed by atoms with E-state index < -0.39 is 0 Å². The summed E-state index contributed by atoms with van der Waals surface area (Å²) in [5.41, 5.74) is 8.80. The molecule has 3 N–H and O–H groups in total. The van der Waals surface area contributed by atoms with E-state index in [1.54, 1.807) is 0 Å². The van der Waals surface area contributed by atoms with Crippen LogP contribution >= 0.6 is 0 Å². The van der Waals surface area contributed by atoms with Gasteiger partial charge in [-0.3, -0.25) is 0 Å². The Hall–Kier alpha value is -1.02. The molecule has 0 aliphatic rings. The van der Waals surface area contributed by atoms with Gasteiger partial charge in [-0.15, -0.1) is 0 Å². The predicted octanol–water partition coefficient (Wildman–Crippen LogP) is 2.71. The molecule has 0 bridgehead atoms. The molecule has 0 aromatic heterocycles. The lowest BCUT2D eigenvalue weighted by atomic mass is 9.90. The third-order valence-corrected chi connectivity index (χ3v) is 2.77. The van der Waals surface area contributed by atoms with Gasteiger partial charge in [-0.25, -0.2) is 0 Å². The zero-order valence-electron chi connectivity index (χ0n) is 10.1. The van der Waals surface area contributed by atoms with Crippen molar-refractivity contribution in [2.75, 3.05) is 0 Å². The number of phenols is 1. The van der Waals surface area contributed by atoms with E-state index in [0.717, 1.165) is 29.5 Å². The molecular formula is C13H21NO. The van der Waals surface area contributed by atoms with Gasteiger partial charge in [-0.1, -0.05) is 26.0 Å². The molecular weight excluding hydrogens is 186 g/mol. The highest BCUT2D eigenvalue weighted by atomic mass is 16.3. The van der Waals surface area contributed by atoms with Gasteiger partial charge < -0.3 is 10.8 Å². The van der Waals surface area contributed by atoms with Crippen LogP contribution in [0.2, 0.25) is 0 Å². The summed E-state index contributed by atoms with van der Waals surface area (Å²) >= 11 is 0. The van der Waals surface area contributed by atoms with Crippen LogP contribution in [0.15, 0.2) is 12.1 Å². The topological polar surface area (TPSA) is 46.2 Å². The maximum atomic E-state index is 9.94. The lowest BCUT2D eigenvalue weighted by Gasteiger charge is -2.22. The number of nitrogens with two attached hydrogens (primary N) is 1. The SMILES string of the molecule is CCc1cc(C(C)(C)N)cc(CC)c1O. The Morgan fingerprint density at radius 2 is 1.53 bits per heavy atom.